The van der Waals surface area contributed by atoms with E-state index >= 15 is 0 Å². The van der Waals surface area contributed by atoms with Crippen LogP contribution in [0.15, 0.2) is 21.7 Å². The van der Waals surface area contributed by atoms with E-state index in [0.717, 1.165) is 20.3 Å². The molecule has 10 nitrogen and oxygen atoms in total. The molecule has 1 aromatic heterocycles. The van der Waals surface area contributed by atoms with Crippen molar-refractivity contribution < 1.29 is 30.3 Å². The van der Waals surface area contributed by atoms with Crippen LogP contribution in [0.3, 0.4) is 0 Å². The molecule has 0 aliphatic rings. The Bertz CT molecular complexity index is 1030. The molecule has 0 saturated carbocycles. The number of hydrogen-bond acceptors (Lipinski definition) is 7. The molecule has 5 N–H and O–H groups in total. The first-order chi connectivity index (χ1) is 13.5. The number of carbonyl (C=O) groups is 1. The van der Waals surface area contributed by atoms with Crippen molar-refractivity contribution in [3.63, 3.8) is 0 Å². The Morgan fingerprint density at radius 2 is 1.55 bits per heavy atom. The number of aryl methyl sites for hydroxylation is 2. The molecule has 0 aliphatic carbocycles. The lowest BCUT2D eigenvalue weighted by molar-refractivity contribution is -0.141. The van der Waals surface area contributed by atoms with Gasteiger partial charge in [0, 0.05) is 0 Å². The Balaban J connectivity index is 2.81. The molecule has 0 amide bonds. The first kappa shape index (κ1) is 22.8. The number of aliphatic hydroxyl groups excluding tert-OH is 4. The molecule has 1 heterocycles. The summed E-state index contributed by atoms with van der Waals surface area (Å²) in [6.07, 6.45) is -4.97. The number of fused-ring (bicyclic) bond motifs is 1. The lowest BCUT2D eigenvalue weighted by Crippen LogP contribution is -2.48. The van der Waals surface area contributed by atoms with Gasteiger partial charge in [0.05, 0.1) is 24.2 Å². The highest BCUT2D eigenvalue weighted by molar-refractivity contribution is 5.81. The lowest BCUT2D eigenvalue weighted by atomic mass is 10.1. The fourth-order valence-electron chi connectivity index (χ4n) is 3.25. The summed E-state index contributed by atoms with van der Waals surface area (Å²) in [5.74, 6) is -1.26. The Hall–Kier alpha value is -2.53. The van der Waals surface area contributed by atoms with Gasteiger partial charge in [-0.3, -0.25) is 18.7 Å². The summed E-state index contributed by atoms with van der Waals surface area (Å²) in [7, 11) is 0. The van der Waals surface area contributed by atoms with Crippen molar-refractivity contribution >= 4 is 17.0 Å². The standard InChI is InChI=1S/C19H26N2O8/c1-4-11(19(28)29)21-13-6-10(3)9(2)5-12(13)20(17(26)18(21)27)7-14(23)16(25)15(24)8-22/h5-6,11,14-16,22-25H,4,7-8H2,1-3H3,(H,28,29)/t11?,14-,15+,16-/m0/s1. The number of benzene rings is 1. The minimum absolute atomic E-state index is 0.0742. The number of carboxylic acids is 1. The second kappa shape index (κ2) is 8.87. The summed E-state index contributed by atoms with van der Waals surface area (Å²) >= 11 is 0. The van der Waals surface area contributed by atoms with Crippen LogP contribution in [0.25, 0.3) is 11.0 Å². The second-order valence-electron chi connectivity index (χ2n) is 7.09. The predicted molar refractivity (Wildman–Crippen MR) is 104 cm³/mol. The number of aromatic nitrogens is 2. The molecule has 0 saturated heterocycles. The Kier molecular flexibility index (Phi) is 6.96. The summed E-state index contributed by atoms with van der Waals surface area (Å²) in [6, 6.07) is 1.94. The van der Waals surface area contributed by atoms with Crippen molar-refractivity contribution in [1.29, 1.82) is 0 Å². The maximum Gasteiger partial charge on any atom is 0.326 e. The Labute approximate surface area is 165 Å². The van der Waals surface area contributed by atoms with Crippen molar-refractivity contribution in [2.75, 3.05) is 6.61 Å². The normalized spacial score (nSPS) is 15.8. The number of aliphatic hydroxyl groups is 4. The minimum atomic E-state index is -1.75. The second-order valence-corrected chi connectivity index (χ2v) is 7.09. The van der Waals surface area contributed by atoms with E-state index in [0.29, 0.717) is 0 Å². The van der Waals surface area contributed by atoms with Gasteiger partial charge in [0.1, 0.15) is 24.4 Å². The van der Waals surface area contributed by atoms with Crippen LogP contribution >= 0.6 is 0 Å². The van der Waals surface area contributed by atoms with Gasteiger partial charge in [-0.05, 0) is 43.5 Å². The largest absolute Gasteiger partial charge is 0.480 e. The van der Waals surface area contributed by atoms with Gasteiger partial charge in [-0.2, -0.15) is 0 Å². The monoisotopic (exact) mass is 410 g/mol. The molecule has 1 unspecified atom stereocenters. The molecule has 2 rings (SSSR count). The molecular weight excluding hydrogens is 384 g/mol. The fourth-order valence-corrected chi connectivity index (χ4v) is 3.25. The minimum Gasteiger partial charge on any atom is -0.480 e. The number of carboxylic acid groups (broad SMARTS) is 1. The summed E-state index contributed by atoms with van der Waals surface area (Å²) in [4.78, 5) is 37.2. The average molecular weight is 410 g/mol. The maximum atomic E-state index is 12.8. The van der Waals surface area contributed by atoms with E-state index < -0.39 is 54.6 Å². The first-order valence-corrected chi connectivity index (χ1v) is 9.19. The van der Waals surface area contributed by atoms with Gasteiger partial charge >= 0.3 is 17.1 Å². The molecule has 0 aliphatic heterocycles. The molecule has 2 aromatic rings. The van der Waals surface area contributed by atoms with Crippen molar-refractivity contribution in [2.45, 2.75) is 58.1 Å². The number of rotatable bonds is 8. The van der Waals surface area contributed by atoms with Crippen LogP contribution in [0.4, 0.5) is 0 Å². The number of aliphatic carboxylic acids is 1. The molecule has 10 heteroatoms. The van der Waals surface area contributed by atoms with E-state index in [4.69, 9.17) is 5.11 Å². The van der Waals surface area contributed by atoms with Crippen molar-refractivity contribution in [1.82, 2.24) is 9.13 Å². The van der Waals surface area contributed by atoms with E-state index in [1.165, 1.54) is 0 Å². The van der Waals surface area contributed by atoms with Crippen LogP contribution in [0.1, 0.15) is 30.5 Å². The van der Waals surface area contributed by atoms with Gasteiger partial charge in [-0.1, -0.05) is 6.92 Å². The van der Waals surface area contributed by atoms with Gasteiger partial charge in [-0.15, -0.1) is 0 Å². The van der Waals surface area contributed by atoms with Crippen molar-refractivity contribution in [3.05, 3.63) is 44.0 Å². The molecule has 0 spiro atoms. The molecule has 1 aromatic carbocycles. The SMILES string of the molecule is CCC(C(=O)O)n1c(=O)c(=O)n(C[C@H](O)[C@H](O)[C@H](O)CO)c2cc(C)c(C)cc21. The number of nitrogens with zero attached hydrogens (tertiary/aromatic N) is 2. The van der Waals surface area contributed by atoms with Crippen LogP contribution < -0.4 is 11.1 Å². The van der Waals surface area contributed by atoms with Crippen LogP contribution in [0.2, 0.25) is 0 Å². The smallest absolute Gasteiger partial charge is 0.326 e. The topological polar surface area (TPSA) is 162 Å². The zero-order valence-corrected chi connectivity index (χ0v) is 16.4. The van der Waals surface area contributed by atoms with E-state index in [2.05, 4.69) is 0 Å². The molecule has 0 bridgehead atoms. The van der Waals surface area contributed by atoms with Gasteiger partial charge in [0.25, 0.3) is 0 Å². The van der Waals surface area contributed by atoms with Crippen LogP contribution in [0.5, 0.6) is 0 Å². The summed E-state index contributed by atoms with van der Waals surface area (Å²) < 4.78 is 1.89. The zero-order chi connectivity index (χ0) is 22.0. The number of hydrogen-bond donors (Lipinski definition) is 5. The fraction of sp³-hybridized carbons (Fsp3) is 0.526. The average Bonchev–Trinajstić information content (AvgIpc) is 2.68. The van der Waals surface area contributed by atoms with Gasteiger partial charge in [-0.25, -0.2) is 4.79 Å². The third kappa shape index (κ3) is 4.25. The van der Waals surface area contributed by atoms with Crippen LogP contribution in [-0.4, -0.2) is 65.6 Å². The third-order valence-corrected chi connectivity index (χ3v) is 5.12. The molecular formula is C19H26N2O8. The summed E-state index contributed by atoms with van der Waals surface area (Å²) in [5, 5.41) is 48.1. The maximum absolute atomic E-state index is 12.8. The highest BCUT2D eigenvalue weighted by Gasteiger charge is 2.28. The first-order valence-electron chi connectivity index (χ1n) is 9.19. The lowest BCUT2D eigenvalue weighted by Gasteiger charge is -2.24. The predicted octanol–water partition coefficient (Wildman–Crippen LogP) is -1.11. The van der Waals surface area contributed by atoms with E-state index in [1.54, 1.807) is 32.9 Å². The van der Waals surface area contributed by atoms with Crippen molar-refractivity contribution in [3.8, 4) is 0 Å². The van der Waals surface area contributed by atoms with Crippen LogP contribution in [0, 0.1) is 13.8 Å². The molecule has 0 fully saturated rings. The third-order valence-electron chi connectivity index (χ3n) is 5.12. The zero-order valence-electron chi connectivity index (χ0n) is 16.4. The van der Waals surface area contributed by atoms with Crippen molar-refractivity contribution in [2.24, 2.45) is 0 Å². The van der Waals surface area contributed by atoms with Crippen LogP contribution in [-0.2, 0) is 11.3 Å². The highest BCUT2D eigenvalue weighted by atomic mass is 16.4. The van der Waals surface area contributed by atoms with Gasteiger partial charge in [0.2, 0.25) is 0 Å². The molecule has 29 heavy (non-hydrogen) atoms. The van der Waals surface area contributed by atoms with E-state index in [-0.39, 0.29) is 17.5 Å². The molecule has 4 atom stereocenters. The molecule has 0 radical (unpaired) electrons. The van der Waals surface area contributed by atoms with E-state index in [9.17, 15) is 34.8 Å². The van der Waals surface area contributed by atoms with E-state index in [1.807, 2.05) is 0 Å². The summed E-state index contributed by atoms with van der Waals surface area (Å²) in [5.41, 5.74) is -0.180. The van der Waals surface area contributed by atoms with Gasteiger partial charge < -0.3 is 25.5 Å². The quantitative estimate of drug-likeness (QED) is 0.342. The Morgan fingerprint density at radius 3 is 2.03 bits per heavy atom. The highest BCUT2D eigenvalue weighted by Crippen LogP contribution is 2.22. The summed E-state index contributed by atoms with van der Waals surface area (Å²) in [6.45, 7) is 3.80. The Morgan fingerprint density at radius 1 is 1.00 bits per heavy atom. The molecule has 160 valence electrons. The van der Waals surface area contributed by atoms with Gasteiger partial charge in [0.15, 0.2) is 0 Å².